The molecule has 1 N–H and O–H groups in total. The van der Waals surface area contributed by atoms with Crippen LogP contribution in [-0.4, -0.2) is 28.4 Å². The van der Waals surface area contributed by atoms with Gasteiger partial charge in [-0.25, -0.2) is 4.79 Å². The fraction of sp³-hybridized carbons (Fsp3) is 0.263. The molecule has 1 amide bonds. The number of hydrogen-bond acceptors (Lipinski definition) is 2. The SMILES string of the molecule is CCCN(Cc1ccccc1)C(=O)Cc1ccccc1C(=O)O. The van der Waals surface area contributed by atoms with Crippen LogP contribution >= 0.6 is 0 Å². The van der Waals surface area contributed by atoms with E-state index in [1.165, 1.54) is 6.07 Å². The lowest BCUT2D eigenvalue weighted by Crippen LogP contribution is -2.32. The zero-order valence-electron chi connectivity index (χ0n) is 13.2. The number of amides is 1. The fourth-order valence-electron chi connectivity index (χ4n) is 2.52. The first-order valence-corrected chi connectivity index (χ1v) is 7.74. The van der Waals surface area contributed by atoms with E-state index in [0.717, 1.165) is 12.0 Å². The van der Waals surface area contributed by atoms with Gasteiger partial charge in [-0.3, -0.25) is 4.79 Å². The van der Waals surface area contributed by atoms with Crippen LogP contribution in [0, 0.1) is 0 Å². The minimum atomic E-state index is -1.00. The summed E-state index contributed by atoms with van der Waals surface area (Å²) in [6, 6.07) is 16.5. The molecule has 4 heteroatoms. The number of hydrogen-bond donors (Lipinski definition) is 1. The number of benzene rings is 2. The summed E-state index contributed by atoms with van der Waals surface area (Å²) in [6.07, 6.45) is 0.967. The van der Waals surface area contributed by atoms with Crippen molar-refractivity contribution in [2.24, 2.45) is 0 Å². The smallest absolute Gasteiger partial charge is 0.335 e. The molecule has 2 rings (SSSR count). The molecule has 0 aliphatic carbocycles. The van der Waals surface area contributed by atoms with Crippen LogP contribution in [0.3, 0.4) is 0 Å². The molecule has 0 saturated heterocycles. The van der Waals surface area contributed by atoms with Gasteiger partial charge in [0.2, 0.25) is 5.91 Å². The summed E-state index contributed by atoms with van der Waals surface area (Å²) in [7, 11) is 0. The van der Waals surface area contributed by atoms with Gasteiger partial charge in [0.05, 0.1) is 12.0 Å². The zero-order chi connectivity index (χ0) is 16.7. The summed E-state index contributed by atoms with van der Waals surface area (Å²) < 4.78 is 0. The van der Waals surface area contributed by atoms with Crippen LogP contribution in [0.2, 0.25) is 0 Å². The highest BCUT2D eigenvalue weighted by molar-refractivity contribution is 5.91. The molecule has 0 fully saturated rings. The van der Waals surface area contributed by atoms with Crippen molar-refractivity contribution in [1.29, 1.82) is 0 Å². The Morgan fingerprint density at radius 1 is 1.00 bits per heavy atom. The average Bonchev–Trinajstić information content (AvgIpc) is 2.55. The van der Waals surface area contributed by atoms with Crippen LogP contribution in [0.15, 0.2) is 54.6 Å². The molecule has 4 nitrogen and oxygen atoms in total. The molecule has 0 spiro atoms. The number of rotatable bonds is 7. The van der Waals surface area contributed by atoms with E-state index in [9.17, 15) is 14.7 Å². The first kappa shape index (κ1) is 16.7. The van der Waals surface area contributed by atoms with E-state index in [1.54, 1.807) is 23.1 Å². The summed E-state index contributed by atoms with van der Waals surface area (Å²) in [5.74, 6) is -1.05. The summed E-state index contributed by atoms with van der Waals surface area (Å²) in [4.78, 5) is 25.7. The highest BCUT2D eigenvalue weighted by Gasteiger charge is 2.17. The normalized spacial score (nSPS) is 10.3. The number of aromatic carboxylic acids is 1. The van der Waals surface area contributed by atoms with Crippen molar-refractivity contribution in [2.45, 2.75) is 26.3 Å². The van der Waals surface area contributed by atoms with Gasteiger partial charge >= 0.3 is 5.97 Å². The maximum Gasteiger partial charge on any atom is 0.335 e. The van der Waals surface area contributed by atoms with Crippen molar-refractivity contribution in [3.8, 4) is 0 Å². The predicted octanol–water partition coefficient (Wildman–Crippen LogP) is 3.37. The molecular formula is C19H21NO3. The summed E-state index contributed by atoms with van der Waals surface area (Å²) in [6.45, 7) is 3.22. The Kier molecular flexibility index (Phi) is 5.92. The Balaban J connectivity index is 2.14. The van der Waals surface area contributed by atoms with E-state index in [2.05, 4.69) is 0 Å². The number of carboxylic acids is 1. The third-order valence-corrected chi connectivity index (χ3v) is 3.65. The van der Waals surface area contributed by atoms with Gasteiger partial charge in [0.25, 0.3) is 0 Å². The van der Waals surface area contributed by atoms with E-state index in [4.69, 9.17) is 0 Å². The first-order chi connectivity index (χ1) is 11.1. The van der Waals surface area contributed by atoms with Crippen LogP contribution in [-0.2, 0) is 17.8 Å². The third-order valence-electron chi connectivity index (χ3n) is 3.65. The minimum Gasteiger partial charge on any atom is -0.478 e. The minimum absolute atomic E-state index is 0.0515. The maximum atomic E-state index is 12.6. The molecule has 0 aliphatic rings. The lowest BCUT2D eigenvalue weighted by Gasteiger charge is -2.22. The molecule has 0 aliphatic heterocycles. The second-order valence-corrected chi connectivity index (χ2v) is 5.44. The van der Waals surface area contributed by atoms with Crippen molar-refractivity contribution in [3.63, 3.8) is 0 Å². The number of carboxylic acid groups (broad SMARTS) is 1. The highest BCUT2D eigenvalue weighted by Crippen LogP contribution is 2.13. The van der Waals surface area contributed by atoms with E-state index in [1.807, 2.05) is 37.3 Å². The third kappa shape index (κ3) is 4.68. The van der Waals surface area contributed by atoms with Gasteiger partial charge in [-0.1, -0.05) is 55.5 Å². The molecule has 2 aromatic rings. The molecule has 0 radical (unpaired) electrons. The van der Waals surface area contributed by atoms with Crippen LogP contribution < -0.4 is 0 Å². The lowest BCUT2D eigenvalue weighted by molar-refractivity contribution is -0.131. The second-order valence-electron chi connectivity index (χ2n) is 5.44. The standard InChI is InChI=1S/C19H21NO3/c1-2-12-20(14-15-8-4-3-5-9-15)18(21)13-16-10-6-7-11-17(16)19(22)23/h3-11H,2,12-14H2,1H3,(H,22,23). The maximum absolute atomic E-state index is 12.6. The van der Waals surface area contributed by atoms with Gasteiger partial charge in [0.15, 0.2) is 0 Å². The number of carbonyl (C=O) groups excluding carboxylic acids is 1. The van der Waals surface area contributed by atoms with Crippen molar-refractivity contribution >= 4 is 11.9 Å². The summed E-state index contributed by atoms with van der Waals surface area (Å²) in [5, 5.41) is 9.23. The molecule has 0 saturated carbocycles. The molecule has 23 heavy (non-hydrogen) atoms. The highest BCUT2D eigenvalue weighted by atomic mass is 16.4. The number of carbonyl (C=O) groups is 2. The van der Waals surface area contributed by atoms with Crippen molar-refractivity contribution in [2.75, 3.05) is 6.54 Å². The Hall–Kier alpha value is -2.62. The van der Waals surface area contributed by atoms with Gasteiger partial charge in [-0.2, -0.15) is 0 Å². The fourth-order valence-corrected chi connectivity index (χ4v) is 2.52. The van der Waals surface area contributed by atoms with E-state index in [0.29, 0.717) is 18.7 Å². The van der Waals surface area contributed by atoms with Crippen LogP contribution in [0.5, 0.6) is 0 Å². The van der Waals surface area contributed by atoms with Crippen LogP contribution in [0.4, 0.5) is 0 Å². The average molecular weight is 311 g/mol. The number of nitrogens with zero attached hydrogens (tertiary/aromatic N) is 1. The van der Waals surface area contributed by atoms with Gasteiger partial charge in [-0.05, 0) is 23.6 Å². The summed E-state index contributed by atoms with van der Waals surface area (Å²) >= 11 is 0. The first-order valence-electron chi connectivity index (χ1n) is 7.74. The van der Waals surface area contributed by atoms with Gasteiger partial charge in [0.1, 0.15) is 0 Å². The molecular weight excluding hydrogens is 290 g/mol. The van der Waals surface area contributed by atoms with Crippen molar-refractivity contribution < 1.29 is 14.7 Å². The van der Waals surface area contributed by atoms with Gasteiger partial charge < -0.3 is 10.0 Å². The predicted molar refractivity (Wildman–Crippen MR) is 89.3 cm³/mol. The van der Waals surface area contributed by atoms with Crippen molar-refractivity contribution in [3.05, 3.63) is 71.3 Å². The zero-order valence-corrected chi connectivity index (χ0v) is 13.2. The largest absolute Gasteiger partial charge is 0.478 e. The lowest BCUT2D eigenvalue weighted by atomic mass is 10.0. The van der Waals surface area contributed by atoms with Crippen LogP contribution in [0.25, 0.3) is 0 Å². The van der Waals surface area contributed by atoms with Gasteiger partial charge in [0, 0.05) is 13.1 Å². The monoisotopic (exact) mass is 311 g/mol. The van der Waals surface area contributed by atoms with E-state index >= 15 is 0 Å². The van der Waals surface area contributed by atoms with E-state index < -0.39 is 5.97 Å². The van der Waals surface area contributed by atoms with Crippen LogP contribution in [0.1, 0.15) is 34.8 Å². The van der Waals surface area contributed by atoms with E-state index in [-0.39, 0.29) is 17.9 Å². The summed E-state index contributed by atoms with van der Waals surface area (Å²) in [5.41, 5.74) is 1.82. The molecule has 0 bridgehead atoms. The second kappa shape index (κ2) is 8.13. The Labute approximate surface area is 136 Å². The molecule has 0 atom stereocenters. The topological polar surface area (TPSA) is 57.6 Å². The van der Waals surface area contributed by atoms with Crippen molar-refractivity contribution in [1.82, 2.24) is 4.90 Å². The Bertz CT molecular complexity index is 667. The quantitative estimate of drug-likeness (QED) is 0.853. The molecule has 0 unspecified atom stereocenters. The van der Waals surface area contributed by atoms with Gasteiger partial charge in [-0.15, -0.1) is 0 Å². The Morgan fingerprint density at radius 3 is 2.30 bits per heavy atom. The molecule has 0 aromatic heterocycles. The Morgan fingerprint density at radius 2 is 1.65 bits per heavy atom. The molecule has 120 valence electrons. The molecule has 0 heterocycles. The molecule has 2 aromatic carbocycles.